The molecule has 2 unspecified atom stereocenters. The molecular formula is C22H30N2O4. The van der Waals surface area contributed by atoms with E-state index in [1.54, 1.807) is 31.4 Å². The van der Waals surface area contributed by atoms with Gasteiger partial charge in [0.15, 0.2) is 0 Å². The Morgan fingerprint density at radius 2 is 1.86 bits per heavy atom. The zero-order valence-electron chi connectivity index (χ0n) is 16.5. The van der Waals surface area contributed by atoms with E-state index < -0.39 is 5.60 Å². The van der Waals surface area contributed by atoms with Crippen molar-refractivity contribution in [2.75, 3.05) is 20.2 Å². The zero-order chi connectivity index (χ0) is 19.8. The van der Waals surface area contributed by atoms with Crippen LogP contribution in [0.1, 0.15) is 55.3 Å². The summed E-state index contributed by atoms with van der Waals surface area (Å²) in [5.74, 6) is 1.65. The summed E-state index contributed by atoms with van der Waals surface area (Å²) >= 11 is 0. The fourth-order valence-electron chi connectivity index (χ4n) is 6.26. The van der Waals surface area contributed by atoms with Crippen molar-refractivity contribution < 1.29 is 19.4 Å². The quantitative estimate of drug-likeness (QED) is 0.628. The highest BCUT2D eigenvalue weighted by molar-refractivity contribution is 5.94. The monoisotopic (exact) mass is 386 g/mol. The fraction of sp³-hybridized carbons (Fsp3) is 0.636. The van der Waals surface area contributed by atoms with Crippen molar-refractivity contribution >= 4 is 11.8 Å². The molecule has 4 bridgehead atoms. The minimum atomic E-state index is -0.533. The van der Waals surface area contributed by atoms with Crippen molar-refractivity contribution in [3.63, 3.8) is 0 Å². The van der Waals surface area contributed by atoms with Crippen LogP contribution in [0.25, 0.3) is 0 Å². The van der Waals surface area contributed by atoms with Gasteiger partial charge in [0.05, 0.1) is 12.7 Å². The number of ether oxygens (including phenoxy) is 1. The highest BCUT2D eigenvalue weighted by atomic mass is 16.5. The van der Waals surface area contributed by atoms with Crippen molar-refractivity contribution in [1.82, 2.24) is 10.6 Å². The largest absolute Gasteiger partial charge is 0.497 e. The van der Waals surface area contributed by atoms with Gasteiger partial charge in [-0.2, -0.15) is 0 Å². The van der Waals surface area contributed by atoms with Crippen LogP contribution >= 0.6 is 0 Å². The van der Waals surface area contributed by atoms with E-state index in [1.807, 2.05) is 0 Å². The Labute approximate surface area is 166 Å². The number of carbonyl (C=O) groups is 2. The van der Waals surface area contributed by atoms with Crippen LogP contribution in [0.15, 0.2) is 24.3 Å². The van der Waals surface area contributed by atoms with Gasteiger partial charge >= 0.3 is 0 Å². The smallest absolute Gasteiger partial charge is 0.251 e. The van der Waals surface area contributed by atoms with Crippen LogP contribution in [-0.4, -0.2) is 42.7 Å². The van der Waals surface area contributed by atoms with Gasteiger partial charge in [-0.1, -0.05) is 6.07 Å². The Kier molecular flexibility index (Phi) is 5.08. The maximum Gasteiger partial charge on any atom is 0.251 e. The molecule has 152 valence electrons. The minimum absolute atomic E-state index is 0.0211. The van der Waals surface area contributed by atoms with Crippen LogP contribution in [0, 0.1) is 17.3 Å². The summed E-state index contributed by atoms with van der Waals surface area (Å²) in [4.78, 5) is 24.7. The second kappa shape index (κ2) is 7.39. The zero-order valence-corrected chi connectivity index (χ0v) is 16.5. The molecule has 2 atom stereocenters. The predicted octanol–water partition coefficient (Wildman–Crippen LogP) is 2.26. The summed E-state index contributed by atoms with van der Waals surface area (Å²) in [5, 5.41) is 16.6. The van der Waals surface area contributed by atoms with Crippen LogP contribution < -0.4 is 15.4 Å². The number of nitrogens with one attached hydrogen (secondary N) is 2. The molecule has 0 saturated heterocycles. The molecule has 4 fully saturated rings. The highest BCUT2D eigenvalue weighted by Crippen LogP contribution is 2.62. The molecule has 5 rings (SSSR count). The van der Waals surface area contributed by atoms with Crippen molar-refractivity contribution in [1.29, 1.82) is 0 Å². The molecule has 28 heavy (non-hydrogen) atoms. The molecule has 6 heteroatoms. The molecule has 3 N–H and O–H groups in total. The molecule has 6 nitrogen and oxygen atoms in total. The van der Waals surface area contributed by atoms with E-state index in [4.69, 9.17) is 4.74 Å². The molecule has 0 aliphatic heterocycles. The third kappa shape index (κ3) is 4.02. The molecule has 0 heterocycles. The lowest BCUT2D eigenvalue weighted by molar-refractivity contribution is -0.169. The number of benzene rings is 1. The summed E-state index contributed by atoms with van der Waals surface area (Å²) in [7, 11) is 1.56. The summed E-state index contributed by atoms with van der Waals surface area (Å²) in [6, 6.07) is 6.98. The topological polar surface area (TPSA) is 87.7 Å². The first-order valence-electron chi connectivity index (χ1n) is 10.3. The Bertz CT molecular complexity index is 749. The predicted molar refractivity (Wildman–Crippen MR) is 105 cm³/mol. The summed E-state index contributed by atoms with van der Waals surface area (Å²) in [6.07, 6.45) is 6.48. The van der Waals surface area contributed by atoms with E-state index in [1.165, 1.54) is 6.42 Å². The summed E-state index contributed by atoms with van der Waals surface area (Å²) in [6.45, 7) is 0.783. The van der Waals surface area contributed by atoms with Crippen molar-refractivity contribution in [2.45, 2.75) is 50.5 Å². The van der Waals surface area contributed by atoms with Gasteiger partial charge in [0, 0.05) is 25.1 Å². The lowest BCUT2D eigenvalue weighted by Gasteiger charge is -2.60. The Morgan fingerprint density at radius 1 is 1.14 bits per heavy atom. The van der Waals surface area contributed by atoms with Gasteiger partial charge in [0.1, 0.15) is 5.75 Å². The van der Waals surface area contributed by atoms with Gasteiger partial charge in [-0.25, -0.2) is 0 Å². The second-order valence-electron chi connectivity index (χ2n) is 9.20. The molecule has 0 aromatic heterocycles. The third-order valence-electron chi connectivity index (χ3n) is 6.75. The summed E-state index contributed by atoms with van der Waals surface area (Å²) < 4.78 is 5.13. The van der Waals surface area contributed by atoms with Gasteiger partial charge in [-0.15, -0.1) is 0 Å². The fourth-order valence-corrected chi connectivity index (χ4v) is 6.26. The molecule has 2 amide bonds. The number of rotatable bonds is 7. The number of hydrogen-bond donors (Lipinski definition) is 3. The number of hydrogen-bond acceptors (Lipinski definition) is 4. The highest BCUT2D eigenvalue weighted by Gasteiger charge is 2.57. The van der Waals surface area contributed by atoms with E-state index in [0.29, 0.717) is 42.7 Å². The molecule has 4 saturated carbocycles. The van der Waals surface area contributed by atoms with E-state index in [9.17, 15) is 14.7 Å². The second-order valence-corrected chi connectivity index (χ2v) is 9.20. The van der Waals surface area contributed by atoms with Crippen LogP contribution in [0.2, 0.25) is 0 Å². The Balaban J connectivity index is 1.23. The summed E-state index contributed by atoms with van der Waals surface area (Å²) in [5.41, 5.74) is -0.0190. The van der Waals surface area contributed by atoms with Crippen molar-refractivity contribution in [2.24, 2.45) is 17.3 Å². The third-order valence-corrected chi connectivity index (χ3v) is 6.75. The average Bonchev–Trinajstić information content (AvgIpc) is 2.62. The number of methoxy groups -OCH3 is 1. The Hall–Kier alpha value is -2.08. The van der Waals surface area contributed by atoms with E-state index in [-0.39, 0.29) is 17.2 Å². The molecule has 0 radical (unpaired) electrons. The van der Waals surface area contributed by atoms with Crippen LogP contribution in [0.3, 0.4) is 0 Å². The molecule has 0 spiro atoms. The standard InChI is InChI=1S/C22H30N2O4/c1-28-18-4-2-3-17(8-18)20(26)24-6-5-23-19(25)13-21-9-15-7-16(10-21)12-22(27,11-15)14-21/h2-4,8,15-16,27H,5-7,9-14H2,1H3,(H,23,25)(H,24,26). The van der Waals surface area contributed by atoms with Gasteiger partial charge in [0.2, 0.25) is 5.91 Å². The Morgan fingerprint density at radius 3 is 2.54 bits per heavy atom. The maximum absolute atomic E-state index is 12.5. The van der Waals surface area contributed by atoms with Crippen LogP contribution in [-0.2, 0) is 4.79 Å². The average molecular weight is 386 g/mol. The maximum atomic E-state index is 12.5. The number of amides is 2. The number of aliphatic hydroxyl groups is 1. The van der Waals surface area contributed by atoms with Crippen LogP contribution in [0.4, 0.5) is 0 Å². The van der Waals surface area contributed by atoms with Gasteiger partial charge < -0.3 is 20.5 Å². The lowest BCUT2D eigenvalue weighted by atomic mass is 9.47. The van der Waals surface area contributed by atoms with Crippen LogP contribution in [0.5, 0.6) is 5.75 Å². The normalized spacial score (nSPS) is 32.8. The van der Waals surface area contributed by atoms with Gasteiger partial charge in [-0.3, -0.25) is 9.59 Å². The first-order valence-corrected chi connectivity index (χ1v) is 10.3. The SMILES string of the molecule is COc1cccc(C(=O)NCCNC(=O)CC23CC4CC(CC(O)(C4)C2)C3)c1. The number of carbonyl (C=O) groups excluding carboxylic acids is 2. The molecule has 4 aliphatic carbocycles. The van der Waals surface area contributed by atoms with E-state index in [2.05, 4.69) is 10.6 Å². The minimum Gasteiger partial charge on any atom is -0.497 e. The first-order chi connectivity index (χ1) is 13.4. The molecule has 1 aromatic carbocycles. The molecule has 1 aromatic rings. The van der Waals surface area contributed by atoms with Gasteiger partial charge in [0.25, 0.3) is 5.91 Å². The van der Waals surface area contributed by atoms with Crippen molar-refractivity contribution in [3.8, 4) is 5.75 Å². The van der Waals surface area contributed by atoms with Crippen molar-refractivity contribution in [3.05, 3.63) is 29.8 Å². The first kappa shape index (κ1) is 19.2. The molecular weight excluding hydrogens is 356 g/mol. The molecule has 4 aliphatic rings. The van der Waals surface area contributed by atoms with E-state index >= 15 is 0 Å². The van der Waals surface area contributed by atoms with Gasteiger partial charge in [-0.05, 0) is 74.0 Å². The lowest BCUT2D eigenvalue weighted by Crippen LogP contribution is -2.56. The van der Waals surface area contributed by atoms with E-state index in [0.717, 1.165) is 32.1 Å².